The van der Waals surface area contributed by atoms with E-state index in [4.69, 9.17) is 0 Å². The summed E-state index contributed by atoms with van der Waals surface area (Å²) in [7, 11) is 0. The molecule has 4 heteroatoms. The molecule has 1 amide bonds. The van der Waals surface area contributed by atoms with E-state index in [1.54, 1.807) is 17.4 Å². The van der Waals surface area contributed by atoms with Gasteiger partial charge in [-0.2, -0.15) is 0 Å². The molecular formula is C21H24N2OS. The summed E-state index contributed by atoms with van der Waals surface area (Å²) in [5, 5.41) is 0. The molecule has 3 nitrogen and oxygen atoms in total. The maximum Gasteiger partial charge on any atom is 0.246 e. The van der Waals surface area contributed by atoms with Crippen LogP contribution in [-0.4, -0.2) is 47.9 Å². The van der Waals surface area contributed by atoms with Crippen LogP contribution in [0.5, 0.6) is 0 Å². The van der Waals surface area contributed by atoms with Gasteiger partial charge in [-0.1, -0.05) is 30.3 Å². The minimum Gasteiger partial charge on any atom is -0.338 e. The number of amides is 1. The molecule has 0 saturated carbocycles. The van der Waals surface area contributed by atoms with Gasteiger partial charge in [0.15, 0.2) is 0 Å². The van der Waals surface area contributed by atoms with Gasteiger partial charge in [0.2, 0.25) is 5.91 Å². The molecule has 1 atom stereocenters. The summed E-state index contributed by atoms with van der Waals surface area (Å²) in [6.07, 6.45) is 7.45. The third-order valence-electron chi connectivity index (χ3n) is 5.21. The Balaban J connectivity index is 1.36. The predicted octanol–water partition coefficient (Wildman–Crippen LogP) is 4.13. The molecule has 2 aliphatic rings. The molecule has 2 aliphatic heterocycles. The van der Waals surface area contributed by atoms with E-state index in [1.165, 1.54) is 36.4 Å². The van der Waals surface area contributed by atoms with Gasteiger partial charge in [-0.25, -0.2) is 0 Å². The number of hydrogen-bond donors (Lipinski definition) is 0. The third-order valence-corrected chi connectivity index (χ3v) is 6.31. The van der Waals surface area contributed by atoms with Crippen LogP contribution in [0.3, 0.4) is 0 Å². The van der Waals surface area contributed by atoms with Gasteiger partial charge in [-0.15, -0.1) is 11.3 Å². The van der Waals surface area contributed by atoms with E-state index in [9.17, 15) is 4.79 Å². The highest BCUT2D eigenvalue weighted by Gasteiger charge is 2.30. The molecule has 2 aromatic rings. The number of benzene rings is 1. The van der Waals surface area contributed by atoms with E-state index in [0.29, 0.717) is 6.04 Å². The van der Waals surface area contributed by atoms with Crippen LogP contribution in [-0.2, 0) is 4.79 Å². The maximum atomic E-state index is 12.5. The first-order valence-corrected chi connectivity index (χ1v) is 9.97. The smallest absolute Gasteiger partial charge is 0.246 e. The Morgan fingerprint density at radius 2 is 1.84 bits per heavy atom. The van der Waals surface area contributed by atoms with Gasteiger partial charge in [0.25, 0.3) is 0 Å². The van der Waals surface area contributed by atoms with E-state index in [0.717, 1.165) is 24.4 Å². The first-order valence-electron chi connectivity index (χ1n) is 9.16. The van der Waals surface area contributed by atoms with E-state index in [1.807, 2.05) is 17.0 Å². The van der Waals surface area contributed by atoms with E-state index in [-0.39, 0.29) is 5.91 Å². The molecule has 25 heavy (non-hydrogen) atoms. The maximum absolute atomic E-state index is 12.5. The molecule has 1 aromatic heterocycles. The number of carbonyl (C=O) groups is 1. The molecule has 4 rings (SSSR count). The SMILES string of the molecule is O=C(/C=C/c1ccc(-c2ccccc2)s1)N1CCC(N2CCCC2)C1. The fourth-order valence-electron chi connectivity index (χ4n) is 3.81. The number of rotatable bonds is 4. The predicted molar refractivity (Wildman–Crippen MR) is 105 cm³/mol. The average molecular weight is 353 g/mol. The number of carbonyl (C=O) groups excluding carboxylic acids is 1. The van der Waals surface area contributed by atoms with Crippen LogP contribution in [0.4, 0.5) is 0 Å². The zero-order valence-corrected chi connectivity index (χ0v) is 15.3. The summed E-state index contributed by atoms with van der Waals surface area (Å²) < 4.78 is 0. The number of nitrogens with zero attached hydrogens (tertiary/aromatic N) is 2. The van der Waals surface area contributed by atoms with Gasteiger partial charge < -0.3 is 4.90 Å². The van der Waals surface area contributed by atoms with Crippen molar-refractivity contribution in [3.63, 3.8) is 0 Å². The summed E-state index contributed by atoms with van der Waals surface area (Å²) in [5.74, 6) is 0.149. The lowest BCUT2D eigenvalue weighted by molar-refractivity contribution is -0.125. The van der Waals surface area contributed by atoms with Crippen molar-refractivity contribution in [2.24, 2.45) is 0 Å². The van der Waals surface area contributed by atoms with Gasteiger partial charge in [-0.05, 0) is 56.1 Å². The second-order valence-corrected chi connectivity index (χ2v) is 7.99. The largest absolute Gasteiger partial charge is 0.338 e. The Kier molecular flexibility index (Phi) is 4.99. The summed E-state index contributed by atoms with van der Waals surface area (Å²) in [4.78, 5) is 19.4. The Labute approximate surface area is 153 Å². The standard InChI is InChI=1S/C21H24N2OS/c24-21(23-15-12-18(16-23)22-13-4-5-14-22)11-9-19-8-10-20(25-19)17-6-2-1-3-7-17/h1-3,6-11,18H,4-5,12-16H2/b11-9+. The summed E-state index contributed by atoms with van der Waals surface area (Å²) in [6.45, 7) is 4.20. The van der Waals surface area contributed by atoms with Crippen LogP contribution < -0.4 is 0 Å². The molecule has 0 aliphatic carbocycles. The summed E-state index contributed by atoms with van der Waals surface area (Å²) in [6, 6.07) is 15.2. The van der Waals surface area contributed by atoms with E-state index in [2.05, 4.69) is 41.3 Å². The second kappa shape index (κ2) is 7.54. The quantitative estimate of drug-likeness (QED) is 0.773. The van der Waals surface area contributed by atoms with E-state index < -0.39 is 0 Å². The first-order chi connectivity index (χ1) is 12.3. The molecule has 0 spiro atoms. The molecule has 0 radical (unpaired) electrons. The fourth-order valence-corrected chi connectivity index (χ4v) is 4.72. The molecule has 1 unspecified atom stereocenters. The molecule has 2 saturated heterocycles. The van der Waals surface area contributed by atoms with Gasteiger partial charge in [0, 0.05) is 35.0 Å². The highest BCUT2D eigenvalue weighted by molar-refractivity contribution is 7.16. The van der Waals surface area contributed by atoms with E-state index >= 15 is 0 Å². The monoisotopic (exact) mass is 352 g/mol. The van der Waals surface area contributed by atoms with Crippen LogP contribution in [0, 0.1) is 0 Å². The molecule has 0 bridgehead atoms. The third kappa shape index (κ3) is 3.86. The fraction of sp³-hybridized carbons (Fsp3) is 0.381. The Morgan fingerprint density at radius 1 is 1.04 bits per heavy atom. The normalized spacial score (nSPS) is 21.4. The number of hydrogen-bond acceptors (Lipinski definition) is 3. The van der Waals surface area contributed by atoms with Crippen molar-refractivity contribution in [3.05, 3.63) is 53.4 Å². The molecule has 1 aromatic carbocycles. The second-order valence-electron chi connectivity index (χ2n) is 6.87. The molecule has 3 heterocycles. The molecule has 130 valence electrons. The number of likely N-dealkylation sites (tertiary alicyclic amines) is 2. The van der Waals surface area contributed by atoms with Crippen molar-refractivity contribution in [1.29, 1.82) is 0 Å². The van der Waals surface area contributed by atoms with Crippen LogP contribution >= 0.6 is 11.3 Å². The van der Waals surface area contributed by atoms with Crippen molar-refractivity contribution in [2.75, 3.05) is 26.2 Å². The van der Waals surface area contributed by atoms with Gasteiger partial charge in [-0.3, -0.25) is 9.69 Å². The Bertz CT molecular complexity index is 746. The van der Waals surface area contributed by atoms with Crippen molar-refractivity contribution in [2.45, 2.75) is 25.3 Å². The molecular weight excluding hydrogens is 328 g/mol. The zero-order chi connectivity index (χ0) is 17.1. The topological polar surface area (TPSA) is 23.6 Å². The van der Waals surface area contributed by atoms with Gasteiger partial charge in [0.1, 0.15) is 0 Å². The van der Waals surface area contributed by atoms with Crippen LogP contribution in [0.1, 0.15) is 24.1 Å². The molecule has 2 fully saturated rings. The van der Waals surface area contributed by atoms with Crippen molar-refractivity contribution < 1.29 is 4.79 Å². The summed E-state index contributed by atoms with van der Waals surface area (Å²) in [5.41, 5.74) is 1.23. The first kappa shape index (κ1) is 16.6. The Morgan fingerprint density at radius 3 is 2.64 bits per heavy atom. The number of thiophene rings is 1. The van der Waals surface area contributed by atoms with Crippen molar-refractivity contribution in [3.8, 4) is 10.4 Å². The highest BCUT2D eigenvalue weighted by atomic mass is 32.1. The summed E-state index contributed by atoms with van der Waals surface area (Å²) >= 11 is 1.73. The van der Waals surface area contributed by atoms with Crippen LogP contribution in [0.2, 0.25) is 0 Å². The minimum atomic E-state index is 0.149. The minimum absolute atomic E-state index is 0.149. The lowest BCUT2D eigenvalue weighted by atomic mass is 10.2. The zero-order valence-electron chi connectivity index (χ0n) is 14.4. The van der Waals surface area contributed by atoms with Gasteiger partial charge in [0.05, 0.1) is 0 Å². The lowest BCUT2D eigenvalue weighted by Crippen LogP contribution is -2.36. The van der Waals surface area contributed by atoms with Crippen molar-refractivity contribution in [1.82, 2.24) is 9.80 Å². The average Bonchev–Trinajstić information content (AvgIpc) is 3.41. The highest BCUT2D eigenvalue weighted by Crippen LogP contribution is 2.28. The van der Waals surface area contributed by atoms with Gasteiger partial charge >= 0.3 is 0 Å². The Hall–Kier alpha value is -1.91. The van der Waals surface area contributed by atoms with Crippen LogP contribution in [0.15, 0.2) is 48.5 Å². The lowest BCUT2D eigenvalue weighted by Gasteiger charge is -2.23. The van der Waals surface area contributed by atoms with Crippen molar-refractivity contribution >= 4 is 23.3 Å². The van der Waals surface area contributed by atoms with Crippen LogP contribution in [0.25, 0.3) is 16.5 Å². The molecule has 0 N–H and O–H groups in total.